The van der Waals surface area contributed by atoms with Crippen molar-refractivity contribution in [3.63, 3.8) is 0 Å². The van der Waals surface area contributed by atoms with Gasteiger partial charge in [-0.1, -0.05) is 34.1 Å². The summed E-state index contributed by atoms with van der Waals surface area (Å²) in [7, 11) is 0. The Bertz CT molecular complexity index is 146. The average Bonchev–Trinajstić information content (AvgIpc) is 1.83. The van der Waals surface area contributed by atoms with Crippen molar-refractivity contribution < 1.29 is 5.11 Å². The van der Waals surface area contributed by atoms with Crippen LogP contribution in [0.4, 0.5) is 0 Å². The molecule has 1 rings (SSSR count). The number of hydrogen-bond donors (Lipinski definition) is 1. The minimum Gasteiger partial charge on any atom is -0.393 e. The Hall–Kier alpha value is -0.0400. The first-order valence-corrected chi connectivity index (χ1v) is 5.09. The van der Waals surface area contributed by atoms with Crippen LogP contribution in [0.2, 0.25) is 0 Å². The van der Waals surface area contributed by atoms with Crippen LogP contribution >= 0.6 is 0 Å². The normalized spacial score (nSPS) is 38.2. The minimum atomic E-state index is -0.0613. The monoisotopic (exact) mass is 170 g/mol. The molecular formula is C11H22O. The second kappa shape index (κ2) is 3.37. The molecule has 0 saturated heterocycles. The van der Waals surface area contributed by atoms with E-state index in [0.717, 1.165) is 12.3 Å². The van der Waals surface area contributed by atoms with Crippen LogP contribution in [0.15, 0.2) is 0 Å². The van der Waals surface area contributed by atoms with E-state index in [1.807, 2.05) is 0 Å². The van der Waals surface area contributed by atoms with Gasteiger partial charge in [-0.15, -0.1) is 0 Å². The maximum Gasteiger partial charge on any atom is 0.0575 e. The van der Waals surface area contributed by atoms with Crippen LogP contribution in [-0.2, 0) is 0 Å². The van der Waals surface area contributed by atoms with E-state index in [2.05, 4.69) is 27.7 Å². The van der Waals surface area contributed by atoms with E-state index >= 15 is 0 Å². The number of aliphatic hydroxyl groups is 1. The standard InChI is InChI=1S/C11H22O/c1-8-5-6-9(10(12)7-8)11(2,3)4/h8-10,12H,5-7H2,1-4H3/t8-,9-,10-/m0/s1. The molecule has 0 aromatic carbocycles. The molecule has 1 aliphatic carbocycles. The van der Waals surface area contributed by atoms with Crippen molar-refractivity contribution in [3.05, 3.63) is 0 Å². The Morgan fingerprint density at radius 1 is 1.17 bits per heavy atom. The van der Waals surface area contributed by atoms with Gasteiger partial charge in [0.2, 0.25) is 0 Å². The average molecular weight is 170 g/mol. The van der Waals surface area contributed by atoms with Gasteiger partial charge in [0.05, 0.1) is 6.10 Å². The predicted molar refractivity (Wildman–Crippen MR) is 52.0 cm³/mol. The van der Waals surface area contributed by atoms with E-state index in [1.54, 1.807) is 0 Å². The second-order valence-corrected chi connectivity index (χ2v) is 5.46. The summed E-state index contributed by atoms with van der Waals surface area (Å²) in [5.41, 5.74) is 0.277. The van der Waals surface area contributed by atoms with Crippen LogP contribution in [0.1, 0.15) is 47.0 Å². The molecule has 1 saturated carbocycles. The van der Waals surface area contributed by atoms with Crippen molar-refractivity contribution in [2.24, 2.45) is 17.3 Å². The highest BCUT2D eigenvalue weighted by atomic mass is 16.3. The lowest BCUT2D eigenvalue weighted by molar-refractivity contribution is -0.00549. The molecule has 0 amide bonds. The number of rotatable bonds is 0. The molecule has 72 valence electrons. The Balaban J connectivity index is 2.57. The molecule has 1 nitrogen and oxygen atoms in total. The van der Waals surface area contributed by atoms with Crippen molar-refractivity contribution in [2.45, 2.75) is 53.1 Å². The highest BCUT2D eigenvalue weighted by molar-refractivity contribution is 4.85. The van der Waals surface area contributed by atoms with Crippen LogP contribution in [-0.4, -0.2) is 11.2 Å². The molecule has 1 aliphatic rings. The lowest BCUT2D eigenvalue weighted by Gasteiger charge is -2.39. The molecule has 1 fully saturated rings. The summed E-state index contributed by atoms with van der Waals surface area (Å²) in [4.78, 5) is 0. The maximum absolute atomic E-state index is 9.87. The number of hydrogen-bond acceptors (Lipinski definition) is 1. The fraction of sp³-hybridized carbons (Fsp3) is 1.00. The molecule has 0 spiro atoms. The first-order valence-electron chi connectivity index (χ1n) is 5.09. The Morgan fingerprint density at radius 2 is 1.75 bits per heavy atom. The highest BCUT2D eigenvalue weighted by Crippen LogP contribution is 2.39. The van der Waals surface area contributed by atoms with Crippen LogP contribution < -0.4 is 0 Å². The molecule has 0 aliphatic heterocycles. The zero-order valence-corrected chi connectivity index (χ0v) is 8.80. The topological polar surface area (TPSA) is 20.2 Å². The fourth-order valence-corrected chi connectivity index (χ4v) is 2.36. The summed E-state index contributed by atoms with van der Waals surface area (Å²) in [5, 5.41) is 9.87. The SMILES string of the molecule is C[C@H]1CC[C@H](C(C)(C)C)[C@@H](O)C1. The molecular weight excluding hydrogens is 148 g/mol. The first kappa shape index (κ1) is 10.0. The Morgan fingerprint density at radius 3 is 2.17 bits per heavy atom. The quantitative estimate of drug-likeness (QED) is 0.592. The van der Waals surface area contributed by atoms with E-state index in [4.69, 9.17) is 0 Å². The lowest BCUT2D eigenvalue weighted by Crippen LogP contribution is -2.36. The van der Waals surface area contributed by atoms with Gasteiger partial charge >= 0.3 is 0 Å². The largest absolute Gasteiger partial charge is 0.393 e. The van der Waals surface area contributed by atoms with E-state index < -0.39 is 0 Å². The molecule has 1 heteroatoms. The summed E-state index contributed by atoms with van der Waals surface area (Å²) < 4.78 is 0. The maximum atomic E-state index is 9.87. The molecule has 0 heterocycles. The summed E-state index contributed by atoms with van der Waals surface area (Å²) in [6, 6.07) is 0. The third-order valence-corrected chi connectivity index (χ3v) is 3.19. The van der Waals surface area contributed by atoms with Gasteiger partial charge < -0.3 is 5.11 Å². The van der Waals surface area contributed by atoms with E-state index in [9.17, 15) is 5.11 Å². The van der Waals surface area contributed by atoms with E-state index in [1.165, 1.54) is 12.8 Å². The molecule has 12 heavy (non-hydrogen) atoms. The summed E-state index contributed by atoms with van der Waals surface area (Å²) in [6.45, 7) is 8.94. The van der Waals surface area contributed by atoms with Crippen LogP contribution in [0.25, 0.3) is 0 Å². The predicted octanol–water partition coefficient (Wildman–Crippen LogP) is 2.83. The molecule has 0 bridgehead atoms. The van der Waals surface area contributed by atoms with Gasteiger partial charge in [-0.3, -0.25) is 0 Å². The fourth-order valence-electron chi connectivity index (χ4n) is 2.36. The molecule has 0 radical (unpaired) electrons. The van der Waals surface area contributed by atoms with Crippen molar-refractivity contribution in [1.29, 1.82) is 0 Å². The van der Waals surface area contributed by atoms with Crippen molar-refractivity contribution >= 4 is 0 Å². The molecule has 3 atom stereocenters. The Labute approximate surface area is 76.2 Å². The van der Waals surface area contributed by atoms with E-state index in [0.29, 0.717) is 5.92 Å². The van der Waals surface area contributed by atoms with Gasteiger partial charge in [0.25, 0.3) is 0 Å². The summed E-state index contributed by atoms with van der Waals surface area (Å²) in [6.07, 6.45) is 3.43. The van der Waals surface area contributed by atoms with Crippen molar-refractivity contribution in [3.8, 4) is 0 Å². The van der Waals surface area contributed by atoms with Crippen molar-refractivity contribution in [2.75, 3.05) is 0 Å². The van der Waals surface area contributed by atoms with Gasteiger partial charge in [0.1, 0.15) is 0 Å². The van der Waals surface area contributed by atoms with Gasteiger partial charge in [0.15, 0.2) is 0 Å². The van der Waals surface area contributed by atoms with Crippen molar-refractivity contribution in [1.82, 2.24) is 0 Å². The minimum absolute atomic E-state index is 0.0613. The smallest absolute Gasteiger partial charge is 0.0575 e. The molecule has 0 aromatic rings. The van der Waals surface area contributed by atoms with Gasteiger partial charge in [-0.05, 0) is 30.1 Å². The summed E-state index contributed by atoms with van der Waals surface area (Å²) >= 11 is 0. The third-order valence-electron chi connectivity index (χ3n) is 3.19. The van der Waals surface area contributed by atoms with E-state index in [-0.39, 0.29) is 11.5 Å². The van der Waals surface area contributed by atoms with Crippen LogP contribution in [0.3, 0.4) is 0 Å². The third kappa shape index (κ3) is 2.22. The molecule has 0 unspecified atom stereocenters. The van der Waals surface area contributed by atoms with Crippen LogP contribution in [0.5, 0.6) is 0 Å². The zero-order valence-electron chi connectivity index (χ0n) is 8.80. The Kier molecular flexibility index (Phi) is 2.82. The first-order chi connectivity index (χ1) is 5.41. The second-order valence-electron chi connectivity index (χ2n) is 5.46. The number of aliphatic hydroxyl groups excluding tert-OH is 1. The van der Waals surface area contributed by atoms with Gasteiger partial charge in [-0.25, -0.2) is 0 Å². The van der Waals surface area contributed by atoms with Crippen LogP contribution in [0, 0.1) is 17.3 Å². The summed E-state index contributed by atoms with van der Waals surface area (Å²) in [5.74, 6) is 1.23. The van der Waals surface area contributed by atoms with Gasteiger partial charge in [0, 0.05) is 0 Å². The highest BCUT2D eigenvalue weighted by Gasteiger charge is 2.34. The zero-order chi connectivity index (χ0) is 9.35. The lowest BCUT2D eigenvalue weighted by atomic mass is 9.68. The molecule has 0 aromatic heterocycles. The van der Waals surface area contributed by atoms with Gasteiger partial charge in [-0.2, -0.15) is 0 Å². The molecule has 1 N–H and O–H groups in total.